The van der Waals surface area contributed by atoms with Gasteiger partial charge in [-0.2, -0.15) is 0 Å². The molecule has 2 aliphatic heterocycles. The van der Waals surface area contributed by atoms with Crippen molar-refractivity contribution in [3.05, 3.63) is 34.4 Å². The van der Waals surface area contributed by atoms with E-state index in [2.05, 4.69) is 13.8 Å². The van der Waals surface area contributed by atoms with Crippen molar-refractivity contribution in [2.24, 2.45) is 11.8 Å². The average Bonchev–Trinajstić information content (AvgIpc) is 2.91. The molecule has 6 nitrogen and oxygen atoms in total. The van der Waals surface area contributed by atoms with E-state index in [0.717, 1.165) is 57.6 Å². The van der Waals surface area contributed by atoms with E-state index in [9.17, 15) is 9.59 Å². The van der Waals surface area contributed by atoms with E-state index in [4.69, 9.17) is 9.72 Å². The number of benzene rings is 1. The number of aromatic nitrogens is 2. The van der Waals surface area contributed by atoms with Gasteiger partial charge in [0.2, 0.25) is 0 Å². The summed E-state index contributed by atoms with van der Waals surface area (Å²) in [6, 6.07) is 5.36. The van der Waals surface area contributed by atoms with E-state index in [1.54, 1.807) is 16.7 Å². The lowest BCUT2D eigenvalue weighted by Crippen LogP contribution is -2.44. The molecule has 0 spiro atoms. The molecule has 6 heteroatoms. The highest BCUT2D eigenvalue weighted by Gasteiger charge is 2.25. The van der Waals surface area contributed by atoms with Crippen LogP contribution in [0.25, 0.3) is 10.9 Å². The highest BCUT2D eigenvalue weighted by molar-refractivity contribution is 5.80. The second kappa shape index (κ2) is 7.94. The molecule has 1 aromatic carbocycles. The molecule has 2 aliphatic rings. The molecule has 0 aliphatic carbocycles. The maximum absolute atomic E-state index is 12.9. The fraction of sp³-hybridized carbons (Fsp3) is 0.591. The third-order valence-electron chi connectivity index (χ3n) is 5.87. The third-order valence-corrected chi connectivity index (χ3v) is 5.87. The Balaban J connectivity index is 1.51. The van der Waals surface area contributed by atoms with Crippen molar-refractivity contribution in [3.8, 4) is 5.75 Å². The zero-order valence-corrected chi connectivity index (χ0v) is 16.8. The van der Waals surface area contributed by atoms with Crippen LogP contribution in [0.15, 0.2) is 23.0 Å². The summed E-state index contributed by atoms with van der Waals surface area (Å²) < 4.78 is 7.56. The first kappa shape index (κ1) is 19.0. The number of nitrogens with zero attached hydrogens (tertiary/aromatic N) is 3. The van der Waals surface area contributed by atoms with Gasteiger partial charge in [-0.25, -0.2) is 4.98 Å². The molecule has 2 atom stereocenters. The summed E-state index contributed by atoms with van der Waals surface area (Å²) in [4.78, 5) is 32.1. The van der Waals surface area contributed by atoms with Crippen LogP contribution in [0.2, 0.25) is 0 Å². The minimum Gasteiger partial charge on any atom is -0.484 e. The van der Waals surface area contributed by atoms with Gasteiger partial charge in [-0.05, 0) is 49.3 Å². The van der Waals surface area contributed by atoms with Crippen molar-refractivity contribution in [3.63, 3.8) is 0 Å². The number of rotatable bonds is 3. The van der Waals surface area contributed by atoms with Crippen LogP contribution in [-0.4, -0.2) is 40.1 Å². The number of aryl methyl sites for hydroxylation is 1. The van der Waals surface area contributed by atoms with Gasteiger partial charge in [0, 0.05) is 26.1 Å². The molecule has 4 rings (SSSR count). The van der Waals surface area contributed by atoms with E-state index in [-0.39, 0.29) is 18.1 Å². The van der Waals surface area contributed by atoms with Gasteiger partial charge in [0.05, 0.1) is 10.9 Å². The standard InChI is InChI=1S/C22H29N3O3/c1-15-10-16(2)13-24(12-15)21(26)14-28-17-7-8-19-18(11-17)22(27)25-9-5-3-4-6-20(25)23-19/h7-8,11,15-16H,3-6,9-10,12-14H2,1-2H3/t15-,16-/m0/s1. The highest BCUT2D eigenvalue weighted by Crippen LogP contribution is 2.22. The maximum Gasteiger partial charge on any atom is 0.261 e. The van der Waals surface area contributed by atoms with Crippen LogP contribution in [0.3, 0.4) is 0 Å². The number of likely N-dealkylation sites (tertiary alicyclic amines) is 1. The smallest absolute Gasteiger partial charge is 0.261 e. The van der Waals surface area contributed by atoms with Gasteiger partial charge in [-0.1, -0.05) is 20.3 Å². The van der Waals surface area contributed by atoms with Crippen molar-refractivity contribution in [1.29, 1.82) is 0 Å². The van der Waals surface area contributed by atoms with Crippen molar-refractivity contribution in [2.75, 3.05) is 19.7 Å². The van der Waals surface area contributed by atoms with Crippen molar-refractivity contribution < 1.29 is 9.53 Å². The Morgan fingerprint density at radius 3 is 2.75 bits per heavy atom. The third kappa shape index (κ3) is 3.91. The Morgan fingerprint density at radius 2 is 1.96 bits per heavy atom. The van der Waals surface area contributed by atoms with Crippen molar-refractivity contribution in [2.45, 2.75) is 52.5 Å². The molecule has 3 heterocycles. The second-order valence-electron chi connectivity index (χ2n) is 8.51. The summed E-state index contributed by atoms with van der Waals surface area (Å²) in [5.41, 5.74) is 0.702. The van der Waals surface area contributed by atoms with Crippen LogP contribution in [0.5, 0.6) is 5.75 Å². The number of amides is 1. The topological polar surface area (TPSA) is 64.4 Å². The molecule has 2 aromatic rings. The number of ether oxygens (including phenoxy) is 1. The monoisotopic (exact) mass is 383 g/mol. The molecular weight excluding hydrogens is 354 g/mol. The van der Waals surface area contributed by atoms with Crippen LogP contribution in [-0.2, 0) is 17.8 Å². The summed E-state index contributed by atoms with van der Waals surface area (Å²) in [7, 11) is 0. The Morgan fingerprint density at radius 1 is 1.18 bits per heavy atom. The van der Waals surface area contributed by atoms with E-state index < -0.39 is 0 Å². The van der Waals surface area contributed by atoms with Crippen LogP contribution in [0, 0.1) is 11.8 Å². The largest absolute Gasteiger partial charge is 0.484 e. The minimum atomic E-state index is -0.00245. The SMILES string of the molecule is C[C@H]1C[C@H](C)CN(C(=O)COc2ccc3nc4n(c(=O)c3c2)CCCCC4)C1. The molecule has 150 valence electrons. The number of hydrogen-bond donors (Lipinski definition) is 0. The quantitative estimate of drug-likeness (QED) is 0.817. The Hall–Kier alpha value is -2.37. The summed E-state index contributed by atoms with van der Waals surface area (Å²) in [5, 5.41) is 0.566. The van der Waals surface area contributed by atoms with E-state index in [1.165, 1.54) is 0 Å². The summed E-state index contributed by atoms with van der Waals surface area (Å²) in [6.07, 6.45) is 5.23. The van der Waals surface area contributed by atoms with Crippen molar-refractivity contribution >= 4 is 16.8 Å². The summed E-state index contributed by atoms with van der Waals surface area (Å²) >= 11 is 0. The van der Waals surface area contributed by atoms with E-state index in [1.807, 2.05) is 11.0 Å². The summed E-state index contributed by atoms with van der Waals surface area (Å²) in [5.74, 6) is 2.49. The number of piperidine rings is 1. The first-order chi connectivity index (χ1) is 13.5. The van der Waals surface area contributed by atoms with Gasteiger partial charge >= 0.3 is 0 Å². The fourth-order valence-electron chi connectivity index (χ4n) is 4.59. The molecule has 0 radical (unpaired) electrons. The molecule has 0 saturated carbocycles. The second-order valence-corrected chi connectivity index (χ2v) is 8.51. The van der Waals surface area contributed by atoms with Gasteiger partial charge in [0.1, 0.15) is 11.6 Å². The van der Waals surface area contributed by atoms with Gasteiger partial charge in [0.15, 0.2) is 6.61 Å². The minimum absolute atomic E-state index is 0.00245. The Labute approximate surface area is 165 Å². The number of hydrogen-bond acceptors (Lipinski definition) is 4. The lowest BCUT2D eigenvalue weighted by Gasteiger charge is -2.34. The Kier molecular flexibility index (Phi) is 5.38. The van der Waals surface area contributed by atoms with Gasteiger partial charge in [-0.15, -0.1) is 0 Å². The van der Waals surface area contributed by atoms with Crippen LogP contribution in [0.4, 0.5) is 0 Å². The molecule has 1 aromatic heterocycles. The van der Waals surface area contributed by atoms with Gasteiger partial charge in [-0.3, -0.25) is 14.2 Å². The summed E-state index contributed by atoms with van der Waals surface area (Å²) in [6.45, 7) is 6.69. The maximum atomic E-state index is 12.9. The molecule has 1 amide bonds. The molecule has 0 bridgehead atoms. The predicted octanol–water partition coefficient (Wildman–Crippen LogP) is 3.01. The van der Waals surface area contributed by atoms with E-state index >= 15 is 0 Å². The van der Waals surface area contributed by atoms with Crippen LogP contribution < -0.4 is 10.3 Å². The first-order valence-electron chi connectivity index (χ1n) is 10.5. The lowest BCUT2D eigenvalue weighted by molar-refractivity contribution is -0.136. The molecule has 0 N–H and O–H groups in total. The van der Waals surface area contributed by atoms with Crippen molar-refractivity contribution in [1.82, 2.24) is 14.5 Å². The number of carbonyl (C=O) groups is 1. The zero-order valence-electron chi connectivity index (χ0n) is 16.8. The molecule has 1 fully saturated rings. The first-order valence-corrected chi connectivity index (χ1v) is 10.5. The van der Waals surface area contributed by atoms with Gasteiger partial charge in [0.25, 0.3) is 11.5 Å². The number of carbonyl (C=O) groups excluding carboxylic acids is 1. The zero-order chi connectivity index (χ0) is 19.7. The lowest BCUT2D eigenvalue weighted by atomic mass is 9.92. The molecule has 1 saturated heterocycles. The highest BCUT2D eigenvalue weighted by atomic mass is 16.5. The van der Waals surface area contributed by atoms with Crippen LogP contribution in [0.1, 0.15) is 45.4 Å². The number of fused-ring (bicyclic) bond motifs is 2. The Bertz CT molecular complexity index is 927. The molecule has 28 heavy (non-hydrogen) atoms. The predicted molar refractivity (Wildman–Crippen MR) is 109 cm³/mol. The van der Waals surface area contributed by atoms with Gasteiger partial charge < -0.3 is 9.64 Å². The normalized spacial score (nSPS) is 22.6. The average molecular weight is 383 g/mol. The molecular formula is C22H29N3O3. The molecule has 0 unspecified atom stereocenters. The van der Waals surface area contributed by atoms with Crippen LogP contribution >= 0.6 is 0 Å². The van der Waals surface area contributed by atoms with E-state index in [0.29, 0.717) is 28.5 Å². The fourth-order valence-corrected chi connectivity index (χ4v) is 4.59.